The van der Waals surface area contributed by atoms with Gasteiger partial charge in [-0.15, -0.1) is 6.58 Å². The smallest absolute Gasteiger partial charge is 0.0466 e. The van der Waals surface area contributed by atoms with Crippen molar-refractivity contribution in [2.45, 2.75) is 45.6 Å². The standard InChI is InChI=1S/C13H25NO/c1-4-13(3,9-6-10-15-5-2)11-14-12-7-8-12/h4,12,14H,1,5-11H2,2-3H3. The van der Waals surface area contributed by atoms with Crippen molar-refractivity contribution >= 4 is 0 Å². The summed E-state index contributed by atoms with van der Waals surface area (Å²) in [5.41, 5.74) is 0.236. The van der Waals surface area contributed by atoms with Crippen LogP contribution < -0.4 is 5.32 Å². The first-order chi connectivity index (χ1) is 7.20. The lowest BCUT2D eigenvalue weighted by molar-refractivity contribution is 0.135. The summed E-state index contributed by atoms with van der Waals surface area (Å²) >= 11 is 0. The molecule has 0 heterocycles. The lowest BCUT2D eigenvalue weighted by Gasteiger charge is -2.26. The van der Waals surface area contributed by atoms with Gasteiger partial charge in [0.05, 0.1) is 0 Å². The highest BCUT2D eigenvalue weighted by Gasteiger charge is 2.25. The first kappa shape index (κ1) is 12.7. The Morgan fingerprint density at radius 1 is 1.53 bits per heavy atom. The maximum atomic E-state index is 5.36. The Hall–Kier alpha value is -0.340. The molecule has 2 heteroatoms. The largest absolute Gasteiger partial charge is 0.382 e. The molecule has 0 spiro atoms. The molecule has 2 nitrogen and oxygen atoms in total. The second-order valence-corrected chi connectivity index (χ2v) is 4.81. The third-order valence-corrected chi connectivity index (χ3v) is 3.11. The molecule has 0 aliphatic heterocycles. The molecule has 15 heavy (non-hydrogen) atoms. The Labute approximate surface area is 94.1 Å². The fraction of sp³-hybridized carbons (Fsp3) is 0.846. The molecule has 0 aromatic rings. The Kier molecular flexibility index (Phi) is 5.34. The Balaban J connectivity index is 2.14. The molecule has 1 atom stereocenters. The third kappa shape index (κ3) is 5.33. The normalized spacial score (nSPS) is 19.9. The minimum atomic E-state index is 0.236. The molecule has 1 aliphatic carbocycles. The summed E-state index contributed by atoms with van der Waals surface area (Å²) in [7, 11) is 0. The number of ether oxygens (including phenoxy) is 1. The molecule has 0 saturated heterocycles. The first-order valence-electron chi connectivity index (χ1n) is 6.15. The van der Waals surface area contributed by atoms with Crippen molar-refractivity contribution in [2.75, 3.05) is 19.8 Å². The zero-order chi connectivity index (χ0) is 11.1. The van der Waals surface area contributed by atoms with Gasteiger partial charge in [-0.3, -0.25) is 0 Å². The van der Waals surface area contributed by atoms with Gasteiger partial charge in [-0.1, -0.05) is 13.0 Å². The second kappa shape index (κ2) is 6.29. The number of hydrogen-bond donors (Lipinski definition) is 1. The molecule has 1 aliphatic rings. The lowest BCUT2D eigenvalue weighted by atomic mass is 9.85. The van der Waals surface area contributed by atoms with Gasteiger partial charge in [-0.25, -0.2) is 0 Å². The van der Waals surface area contributed by atoms with Gasteiger partial charge in [-0.05, 0) is 38.0 Å². The van der Waals surface area contributed by atoms with Crippen LogP contribution in [0.1, 0.15) is 39.5 Å². The fourth-order valence-electron chi connectivity index (χ4n) is 1.65. The average Bonchev–Trinajstić information content (AvgIpc) is 3.06. The van der Waals surface area contributed by atoms with Crippen molar-refractivity contribution in [3.8, 4) is 0 Å². The lowest BCUT2D eigenvalue weighted by Crippen LogP contribution is -2.31. The van der Waals surface area contributed by atoms with Crippen LogP contribution >= 0.6 is 0 Å². The van der Waals surface area contributed by atoms with E-state index < -0.39 is 0 Å². The SMILES string of the molecule is C=CC(C)(CCCOCC)CNC1CC1. The minimum absolute atomic E-state index is 0.236. The summed E-state index contributed by atoms with van der Waals surface area (Å²) in [6.45, 7) is 11.0. The van der Waals surface area contributed by atoms with E-state index in [1.807, 2.05) is 6.92 Å². The summed E-state index contributed by atoms with van der Waals surface area (Å²) in [4.78, 5) is 0. The molecule has 1 N–H and O–H groups in total. The van der Waals surface area contributed by atoms with Gasteiger partial charge in [0.2, 0.25) is 0 Å². The van der Waals surface area contributed by atoms with E-state index in [0.717, 1.165) is 38.6 Å². The highest BCUT2D eigenvalue weighted by Crippen LogP contribution is 2.26. The van der Waals surface area contributed by atoms with Gasteiger partial charge >= 0.3 is 0 Å². The molecule has 88 valence electrons. The maximum Gasteiger partial charge on any atom is 0.0466 e. The average molecular weight is 211 g/mol. The van der Waals surface area contributed by atoms with Crippen LogP contribution in [0.3, 0.4) is 0 Å². The van der Waals surface area contributed by atoms with Crippen LogP contribution in [0, 0.1) is 5.41 Å². The van der Waals surface area contributed by atoms with E-state index in [1.54, 1.807) is 0 Å². The van der Waals surface area contributed by atoms with Crippen molar-refractivity contribution in [1.82, 2.24) is 5.32 Å². The second-order valence-electron chi connectivity index (χ2n) is 4.81. The maximum absolute atomic E-state index is 5.36. The van der Waals surface area contributed by atoms with Gasteiger partial charge in [0.25, 0.3) is 0 Å². The predicted molar refractivity (Wildman–Crippen MR) is 65.1 cm³/mol. The number of rotatable bonds is 9. The van der Waals surface area contributed by atoms with Crippen LogP contribution in [0.5, 0.6) is 0 Å². The van der Waals surface area contributed by atoms with E-state index in [1.165, 1.54) is 12.8 Å². The number of hydrogen-bond acceptors (Lipinski definition) is 2. The van der Waals surface area contributed by atoms with E-state index in [0.29, 0.717) is 0 Å². The Morgan fingerprint density at radius 3 is 2.80 bits per heavy atom. The van der Waals surface area contributed by atoms with Crippen molar-refractivity contribution in [1.29, 1.82) is 0 Å². The van der Waals surface area contributed by atoms with Crippen LogP contribution in [0.4, 0.5) is 0 Å². The summed E-state index contributed by atoms with van der Waals surface area (Å²) in [5.74, 6) is 0. The van der Waals surface area contributed by atoms with Crippen molar-refractivity contribution in [3.05, 3.63) is 12.7 Å². The minimum Gasteiger partial charge on any atom is -0.382 e. The first-order valence-corrected chi connectivity index (χ1v) is 6.15. The zero-order valence-corrected chi connectivity index (χ0v) is 10.2. The van der Waals surface area contributed by atoms with E-state index in [2.05, 4.69) is 24.9 Å². The molecule has 1 rings (SSSR count). The summed E-state index contributed by atoms with van der Waals surface area (Å²) in [6.07, 6.45) is 7.09. The zero-order valence-electron chi connectivity index (χ0n) is 10.2. The predicted octanol–water partition coefficient (Wildman–Crippen LogP) is 2.75. The van der Waals surface area contributed by atoms with Gasteiger partial charge in [-0.2, -0.15) is 0 Å². The van der Waals surface area contributed by atoms with Crippen LogP contribution in [0.15, 0.2) is 12.7 Å². The van der Waals surface area contributed by atoms with Crippen LogP contribution in [-0.4, -0.2) is 25.8 Å². The Morgan fingerprint density at radius 2 is 2.27 bits per heavy atom. The molecular weight excluding hydrogens is 186 g/mol. The van der Waals surface area contributed by atoms with Gasteiger partial charge in [0.1, 0.15) is 0 Å². The summed E-state index contributed by atoms with van der Waals surface area (Å²) < 4.78 is 5.36. The number of nitrogens with one attached hydrogen (secondary N) is 1. The van der Waals surface area contributed by atoms with Crippen LogP contribution in [0.2, 0.25) is 0 Å². The highest BCUT2D eigenvalue weighted by molar-refractivity contribution is 4.95. The third-order valence-electron chi connectivity index (χ3n) is 3.11. The molecule has 0 amide bonds. The molecule has 0 radical (unpaired) electrons. The van der Waals surface area contributed by atoms with Crippen molar-refractivity contribution in [2.24, 2.45) is 5.41 Å². The van der Waals surface area contributed by atoms with E-state index >= 15 is 0 Å². The topological polar surface area (TPSA) is 21.3 Å². The monoisotopic (exact) mass is 211 g/mol. The molecule has 0 bridgehead atoms. The van der Waals surface area contributed by atoms with Crippen LogP contribution in [-0.2, 0) is 4.74 Å². The molecule has 0 aromatic heterocycles. The highest BCUT2D eigenvalue weighted by atomic mass is 16.5. The quantitative estimate of drug-likeness (QED) is 0.468. The molecule has 0 aromatic carbocycles. The Bertz CT molecular complexity index is 189. The van der Waals surface area contributed by atoms with Crippen LogP contribution in [0.25, 0.3) is 0 Å². The van der Waals surface area contributed by atoms with Gasteiger partial charge in [0, 0.05) is 25.8 Å². The molecule has 1 saturated carbocycles. The van der Waals surface area contributed by atoms with Gasteiger partial charge in [0.15, 0.2) is 0 Å². The molecule has 1 fully saturated rings. The summed E-state index contributed by atoms with van der Waals surface area (Å²) in [5, 5.41) is 3.58. The van der Waals surface area contributed by atoms with Crippen molar-refractivity contribution in [3.63, 3.8) is 0 Å². The van der Waals surface area contributed by atoms with E-state index in [4.69, 9.17) is 4.74 Å². The molecule has 1 unspecified atom stereocenters. The van der Waals surface area contributed by atoms with Crippen molar-refractivity contribution < 1.29 is 4.74 Å². The van der Waals surface area contributed by atoms with E-state index in [-0.39, 0.29) is 5.41 Å². The molecular formula is C13H25NO. The van der Waals surface area contributed by atoms with E-state index in [9.17, 15) is 0 Å². The fourth-order valence-corrected chi connectivity index (χ4v) is 1.65. The van der Waals surface area contributed by atoms with Gasteiger partial charge < -0.3 is 10.1 Å². The summed E-state index contributed by atoms with van der Waals surface area (Å²) in [6, 6.07) is 0.788.